The van der Waals surface area contributed by atoms with Gasteiger partial charge in [0.2, 0.25) is 0 Å². The molecule has 1 aliphatic heterocycles. The van der Waals surface area contributed by atoms with Gasteiger partial charge in [-0.1, -0.05) is 0 Å². The molecule has 0 saturated carbocycles. The van der Waals surface area contributed by atoms with Gasteiger partial charge in [-0.05, 0) is 30.7 Å². The maximum atomic E-state index is 13.5. The predicted octanol–water partition coefficient (Wildman–Crippen LogP) is 1.99. The van der Waals surface area contributed by atoms with E-state index in [9.17, 15) is 22.8 Å². The van der Waals surface area contributed by atoms with Gasteiger partial charge in [0.25, 0.3) is 11.8 Å². The fraction of sp³-hybridized carbons (Fsp3) is 0.222. The van der Waals surface area contributed by atoms with E-state index in [4.69, 9.17) is 5.73 Å². The monoisotopic (exact) mass is 404 g/mol. The third-order valence-electron chi connectivity index (χ3n) is 4.56. The van der Waals surface area contributed by atoms with Crippen LogP contribution in [0.4, 0.5) is 19.0 Å². The number of rotatable bonds is 3. The molecular weight excluding hydrogens is 389 g/mol. The lowest BCUT2D eigenvalue weighted by Gasteiger charge is -2.13. The third-order valence-corrected chi connectivity index (χ3v) is 4.56. The summed E-state index contributed by atoms with van der Waals surface area (Å²) in [6, 6.07) is 3.83. The number of fused-ring (bicyclic) bond motifs is 2. The van der Waals surface area contributed by atoms with E-state index in [2.05, 4.69) is 20.7 Å². The summed E-state index contributed by atoms with van der Waals surface area (Å²) >= 11 is 0. The highest BCUT2D eigenvalue weighted by Crippen LogP contribution is 2.38. The maximum absolute atomic E-state index is 13.5. The number of alkyl halides is 3. The molecule has 0 saturated heterocycles. The van der Waals surface area contributed by atoms with E-state index < -0.39 is 23.6 Å². The molecule has 0 atom stereocenters. The minimum Gasteiger partial charge on any atom is -0.381 e. The number of hydrogen-bond acceptors (Lipinski definition) is 5. The molecule has 0 fully saturated rings. The van der Waals surface area contributed by atoms with E-state index in [0.29, 0.717) is 6.54 Å². The van der Waals surface area contributed by atoms with Gasteiger partial charge >= 0.3 is 6.18 Å². The second-order valence-corrected chi connectivity index (χ2v) is 6.44. The van der Waals surface area contributed by atoms with Crippen molar-refractivity contribution in [3.8, 4) is 11.3 Å². The first-order valence-electron chi connectivity index (χ1n) is 8.66. The average molecular weight is 404 g/mol. The summed E-state index contributed by atoms with van der Waals surface area (Å²) in [5, 5.41) is 9.02. The molecule has 150 valence electrons. The van der Waals surface area contributed by atoms with Crippen LogP contribution in [-0.2, 0) is 12.7 Å². The molecule has 0 unspecified atom stereocenters. The number of halogens is 3. The highest BCUT2D eigenvalue weighted by molar-refractivity contribution is 6.04. The van der Waals surface area contributed by atoms with Crippen LogP contribution in [0, 0.1) is 0 Å². The van der Waals surface area contributed by atoms with E-state index in [1.807, 2.05) is 0 Å². The van der Waals surface area contributed by atoms with E-state index in [1.165, 1.54) is 22.8 Å². The molecule has 1 aliphatic rings. The van der Waals surface area contributed by atoms with E-state index in [0.717, 1.165) is 6.07 Å². The van der Waals surface area contributed by atoms with Crippen LogP contribution in [0.5, 0.6) is 0 Å². The van der Waals surface area contributed by atoms with Gasteiger partial charge in [-0.2, -0.15) is 13.2 Å². The van der Waals surface area contributed by atoms with Crippen molar-refractivity contribution >= 4 is 23.3 Å². The molecule has 0 radical (unpaired) electrons. The Morgan fingerprint density at radius 1 is 1.38 bits per heavy atom. The van der Waals surface area contributed by atoms with Crippen molar-refractivity contribution in [2.45, 2.75) is 19.6 Å². The van der Waals surface area contributed by atoms with Crippen LogP contribution in [0.25, 0.3) is 16.9 Å². The molecule has 4 rings (SSSR count). The van der Waals surface area contributed by atoms with Gasteiger partial charge in [-0.15, -0.1) is 5.10 Å². The topological polar surface area (TPSA) is 114 Å². The summed E-state index contributed by atoms with van der Waals surface area (Å²) in [6.45, 7) is 2.09. The summed E-state index contributed by atoms with van der Waals surface area (Å²) in [6.07, 6.45) is -3.25. The Morgan fingerprint density at radius 3 is 2.83 bits per heavy atom. The molecule has 2 amide bonds. The lowest BCUT2D eigenvalue weighted by molar-refractivity contribution is -0.137. The normalized spacial score (nSPS) is 13.4. The summed E-state index contributed by atoms with van der Waals surface area (Å²) in [5.41, 5.74) is 5.16. The van der Waals surface area contributed by atoms with Crippen molar-refractivity contribution in [2.24, 2.45) is 0 Å². The smallest absolute Gasteiger partial charge is 0.381 e. The number of nitrogen functional groups attached to an aromatic ring is 1. The van der Waals surface area contributed by atoms with Crippen LogP contribution in [0.3, 0.4) is 0 Å². The quantitative estimate of drug-likeness (QED) is 0.618. The number of aromatic nitrogens is 3. The highest BCUT2D eigenvalue weighted by atomic mass is 19.4. The molecule has 4 N–H and O–H groups in total. The zero-order valence-electron chi connectivity index (χ0n) is 15.1. The van der Waals surface area contributed by atoms with Crippen molar-refractivity contribution in [2.75, 3.05) is 12.3 Å². The molecule has 3 heterocycles. The Bertz CT molecular complexity index is 1170. The molecule has 11 heteroatoms. The van der Waals surface area contributed by atoms with Crippen molar-refractivity contribution in [3.05, 3.63) is 46.6 Å². The molecule has 0 aliphatic carbocycles. The van der Waals surface area contributed by atoms with Gasteiger partial charge in [0.1, 0.15) is 5.56 Å². The summed E-state index contributed by atoms with van der Waals surface area (Å²) < 4.78 is 41.9. The second kappa shape index (κ2) is 6.47. The summed E-state index contributed by atoms with van der Waals surface area (Å²) in [5.74, 6) is -1.28. The number of hydrogen-bond donors (Lipinski definition) is 3. The third kappa shape index (κ3) is 3.04. The van der Waals surface area contributed by atoms with Gasteiger partial charge in [-0.3, -0.25) is 9.59 Å². The average Bonchev–Trinajstić information content (AvgIpc) is 3.19. The number of nitrogens with zero attached hydrogens (tertiary/aromatic N) is 3. The van der Waals surface area contributed by atoms with Crippen molar-refractivity contribution in [1.29, 1.82) is 0 Å². The minimum absolute atomic E-state index is 0.00286. The molecule has 2 aromatic heterocycles. The number of nitrogens with one attached hydrogen (secondary N) is 2. The number of carbonyl (C=O) groups excluding carboxylic acids is 2. The lowest BCUT2D eigenvalue weighted by Crippen LogP contribution is -2.23. The first-order valence-corrected chi connectivity index (χ1v) is 8.66. The number of nitrogens with two attached hydrogens (primary N) is 1. The fourth-order valence-electron chi connectivity index (χ4n) is 3.32. The van der Waals surface area contributed by atoms with Gasteiger partial charge < -0.3 is 16.4 Å². The Morgan fingerprint density at radius 2 is 2.14 bits per heavy atom. The minimum atomic E-state index is -4.71. The zero-order valence-corrected chi connectivity index (χ0v) is 15.1. The molecule has 3 aromatic rings. The molecule has 0 bridgehead atoms. The predicted molar refractivity (Wildman–Crippen MR) is 97.0 cm³/mol. The van der Waals surface area contributed by atoms with Gasteiger partial charge in [-0.25, -0.2) is 9.50 Å². The Balaban J connectivity index is 1.91. The van der Waals surface area contributed by atoms with Crippen LogP contribution < -0.4 is 16.4 Å². The standard InChI is InChI=1S/C18H15F3N6O2/c1-2-23-17(29)13-14(22)26-27-4-3-11(25-15(13)27)8-5-9-7-24-16(28)12(9)10(6-8)18(19,20)21/h3-6H,2,7H2,1H3,(H2,22,26)(H,23,29)(H,24,28). The molecule has 29 heavy (non-hydrogen) atoms. The molecule has 8 nitrogen and oxygen atoms in total. The SMILES string of the molecule is CCNC(=O)c1c(N)nn2ccc(-c3cc4c(c(C(F)(F)F)c3)C(=O)NC4)nc12. The molecule has 0 spiro atoms. The first kappa shape index (κ1) is 18.7. The largest absolute Gasteiger partial charge is 0.417 e. The Hall–Kier alpha value is -3.63. The van der Waals surface area contributed by atoms with Crippen LogP contribution in [-0.4, -0.2) is 33.0 Å². The highest BCUT2D eigenvalue weighted by Gasteiger charge is 2.39. The second-order valence-electron chi connectivity index (χ2n) is 6.44. The van der Waals surface area contributed by atoms with Gasteiger partial charge in [0.15, 0.2) is 11.5 Å². The summed E-state index contributed by atoms with van der Waals surface area (Å²) in [4.78, 5) is 28.5. The number of benzene rings is 1. The van der Waals surface area contributed by atoms with Crippen molar-refractivity contribution < 1.29 is 22.8 Å². The Kier molecular flexibility index (Phi) is 4.17. The van der Waals surface area contributed by atoms with Crippen LogP contribution in [0.15, 0.2) is 24.4 Å². The summed E-state index contributed by atoms with van der Waals surface area (Å²) in [7, 11) is 0. The lowest BCUT2D eigenvalue weighted by atomic mass is 9.97. The van der Waals surface area contributed by atoms with Crippen LogP contribution in [0.2, 0.25) is 0 Å². The fourth-order valence-corrected chi connectivity index (χ4v) is 3.32. The van der Waals surface area contributed by atoms with Crippen molar-refractivity contribution in [1.82, 2.24) is 25.2 Å². The van der Waals surface area contributed by atoms with Crippen LogP contribution in [0.1, 0.15) is 38.8 Å². The van der Waals surface area contributed by atoms with E-state index in [1.54, 1.807) is 6.92 Å². The van der Waals surface area contributed by atoms with Gasteiger partial charge in [0.05, 0.1) is 16.8 Å². The van der Waals surface area contributed by atoms with Crippen LogP contribution >= 0.6 is 0 Å². The zero-order chi connectivity index (χ0) is 20.9. The van der Waals surface area contributed by atoms with E-state index >= 15 is 0 Å². The number of anilines is 1. The number of amides is 2. The maximum Gasteiger partial charge on any atom is 0.417 e. The molecular formula is C18H15F3N6O2. The molecule has 1 aromatic carbocycles. The first-order chi connectivity index (χ1) is 13.7. The van der Waals surface area contributed by atoms with E-state index in [-0.39, 0.29) is 46.0 Å². The van der Waals surface area contributed by atoms with Crippen molar-refractivity contribution in [3.63, 3.8) is 0 Å². The van der Waals surface area contributed by atoms with Gasteiger partial charge in [0, 0.05) is 24.8 Å². The Labute approximate surface area is 161 Å². The number of carbonyl (C=O) groups is 2.